The van der Waals surface area contributed by atoms with Gasteiger partial charge in [-0.1, -0.05) is 61.2 Å². The standard InChI is InChI=1S/C17H28BrN/c1-4-6-7-15(5-2)13-19-14(3)12-16-8-10-17(18)11-9-16/h8-11,14-15,19H,4-7,12-13H2,1-3H3. The molecule has 0 spiro atoms. The summed E-state index contributed by atoms with van der Waals surface area (Å²) in [5.41, 5.74) is 1.41. The molecule has 0 saturated heterocycles. The highest BCUT2D eigenvalue weighted by molar-refractivity contribution is 9.10. The highest BCUT2D eigenvalue weighted by Gasteiger charge is 2.08. The fourth-order valence-electron chi connectivity index (χ4n) is 2.36. The maximum absolute atomic E-state index is 3.69. The van der Waals surface area contributed by atoms with Crippen molar-refractivity contribution in [1.82, 2.24) is 5.32 Å². The molecule has 0 heterocycles. The Balaban J connectivity index is 2.30. The van der Waals surface area contributed by atoms with Crippen molar-refractivity contribution in [2.45, 2.75) is 58.9 Å². The fourth-order valence-corrected chi connectivity index (χ4v) is 2.62. The van der Waals surface area contributed by atoms with Gasteiger partial charge >= 0.3 is 0 Å². The number of hydrogen-bond donors (Lipinski definition) is 1. The summed E-state index contributed by atoms with van der Waals surface area (Å²) in [5.74, 6) is 0.840. The topological polar surface area (TPSA) is 12.0 Å². The van der Waals surface area contributed by atoms with Crippen LogP contribution in [0, 0.1) is 5.92 Å². The minimum absolute atomic E-state index is 0.553. The van der Waals surface area contributed by atoms with Crippen LogP contribution in [-0.2, 0) is 6.42 Å². The van der Waals surface area contributed by atoms with Crippen LogP contribution in [0.25, 0.3) is 0 Å². The van der Waals surface area contributed by atoms with E-state index >= 15 is 0 Å². The summed E-state index contributed by atoms with van der Waals surface area (Å²) in [6, 6.07) is 9.21. The number of rotatable bonds is 9. The Morgan fingerprint density at radius 3 is 2.42 bits per heavy atom. The van der Waals surface area contributed by atoms with Crippen molar-refractivity contribution < 1.29 is 0 Å². The lowest BCUT2D eigenvalue weighted by Crippen LogP contribution is -2.32. The Hall–Kier alpha value is -0.340. The first-order valence-electron chi connectivity index (χ1n) is 7.63. The van der Waals surface area contributed by atoms with Crippen LogP contribution < -0.4 is 5.32 Å². The molecule has 0 aliphatic heterocycles. The van der Waals surface area contributed by atoms with Crippen molar-refractivity contribution in [3.8, 4) is 0 Å². The van der Waals surface area contributed by atoms with Gasteiger partial charge in [0.2, 0.25) is 0 Å². The Bertz CT molecular complexity index is 334. The van der Waals surface area contributed by atoms with Crippen molar-refractivity contribution in [3.05, 3.63) is 34.3 Å². The van der Waals surface area contributed by atoms with Gasteiger partial charge in [-0.2, -0.15) is 0 Å². The van der Waals surface area contributed by atoms with Crippen LogP contribution in [0.5, 0.6) is 0 Å². The number of nitrogens with one attached hydrogen (secondary N) is 1. The zero-order valence-corrected chi connectivity index (χ0v) is 14.2. The largest absolute Gasteiger partial charge is 0.314 e. The minimum Gasteiger partial charge on any atom is -0.314 e. The quantitative estimate of drug-likeness (QED) is 0.659. The zero-order chi connectivity index (χ0) is 14.1. The van der Waals surface area contributed by atoms with Gasteiger partial charge in [0, 0.05) is 10.5 Å². The van der Waals surface area contributed by atoms with E-state index in [0.717, 1.165) is 23.4 Å². The van der Waals surface area contributed by atoms with Gasteiger partial charge in [0.25, 0.3) is 0 Å². The van der Waals surface area contributed by atoms with Gasteiger partial charge < -0.3 is 5.32 Å². The molecule has 1 aromatic rings. The molecule has 1 rings (SSSR count). The van der Waals surface area contributed by atoms with E-state index in [9.17, 15) is 0 Å². The monoisotopic (exact) mass is 325 g/mol. The predicted octanol–water partition coefficient (Wildman–Crippen LogP) is 5.19. The molecule has 1 aromatic carbocycles. The van der Waals surface area contributed by atoms with Crippen molar-refractivity contribution in [2.75, 3.05) is 6.54 Å². The second-order valence-electron chi connectivity index (χ2n) is 5.56. The molecule has 0 radical (unpaired) electrons. The van der Waals surface area contributed by atoms with Crippen LogP contribution in [0.4, 0.5) is 0 Å². The van der Waals surface area contributed by atoms with Crippen LogP contribution >= 0.6 is 15.9 Å². The Morgan fingerprint density at radius 2 is 1.84 bits per heavy atom. The van der Waals surface area contributed by atoms with Gasteiger partial charge in [0.15, 0.2) is 0 Å². The van der Waals surface area contributed by atoms with Gasteiger partial charge in [-0.3, -0.25) is 0 Å². The summed E-state index contributed by atoms with van der Waals surface area (Å²) in [5, 5.41) is 3.69. The summed E-state index contributed by atoms with van der Waals surface area (Å²) >= 11 is 3.48. The molecule has 19 heavy (non-hydrogen) atoms. The Labute approximate surface area is 127 Å². The molecule has 2 atom stereocenters. The van der Waals surface area contributed by atoms with Crippen LogP contribution in [0.1, 0.15) is 52.0 Å². The summed E-state index contributed by atoms with van der Waals surface area (Å²) in [7, 11) is 0. The number of unbranched alkanes of at least 4 members (excludes halogenated alkanes) is 1. The van der Waals surface area contributed by atoms with Gasteiger partial charge in [-0.05, 0) is 49.9 Å². The summed E-state index contributed by atoms with van der Waals surface area (Å²) < 4.78 is 1.16. The number of halogens is 1. The highest BCUT2D eigenvalue weighted by atomic mass is 79.9. The first kappa shape index (κ1) is 16.7. The molecule has 1 N–H and O–H groups in total. The lowest BCUT2D eigenvalue weighted by atomic mass is 9.98. The van der Waals surface area contributed by atoms with Gasteiger partial charge in [-0.15, -0.1) is 0 Å². The maximum Gasteiger partial charge on any atom is 0.0175 e. The summed E-state index contributed by atoms with van der Waals surface area (Å²) in [4.78, 5) is 0. The van der Waals surface area contributed by atoms with E-state index in [1.54, 1.807) is 0 Å². The molecule has 2 unspecified atom stereocenters. The van der Waals surface area contributed by atoms with Crippen molar-refractivity contribution in [2.24, 2.45) is 5.92 Å². The summed E-state index contributed by atoms with van der Waals surface area (Å²) in [6.07, 6.45) is 6.44. The average Bonchev–Trinajstić information content (AvgIpc) is 2.42. The second-order valence-corrected chi connectivity index (χ2v) is 6.47. The minimum atomic E-state index is 0.553. The van der Waals surface area contributed by atoms with Crippen LogP contribution in [0.2, 0.25) is 0 Å². The highest BCUT2D eigenvalue weighted by Crippen LogP contribution is 2.13. The van der Waals surface area contributed by atoms with Crippen LogP contribution in [-0.4, -0.2) is 12.6 Å². The van der Waals surface area contributed by atoms with E-state index in [2.05, 4.69) is 66.3 Å². The van der Waals surface area contributed by atoms with Gasteiger partial charge in [0.05, 0.1) is 0 Å². The van der Waals surface area contributed by atoms with E-state index in [-0.39, 0.29) is 0 Å². The molecule has 0 aromatic heterocycles. The molecule has 0 saturated carbocycles. The molecule has 0 aliphatic carbocycles. The smallest absolute Gasteiger partial charge is 0.0175 e. The van der Waals surface area contributed by atoms with Crippen molar-refractivity contribution in [3.63, 3.8) is 0 Å². The maximum atomic E-state index is 3.69. The third-order valence-corrected chi connectivity index (χ3v) is 4.28. The van der Waals surface area contributed by atoms with Gasteiger partial charge in [-0.25, -0.2) is 0 Å². The lowest BCUT2D eigenvalue weighted by Gasteiger charge is -2.19. The molecular formula is C17H28BrN. The van der Waals surface area contributed by atoms with E-state index < -0.39 is 0 Å². The average molecular weight is 326 g/mol. The number of benzene rings is 1. The predicted molar refractivity (Wildman–Crippen MR) is 88.6 cm³/mol. The van der Waals surface area contributed by atoms with Crippen molar-refractivity contribution in [1.29, 1.82) is 0 Å². The van der Waals surface area contributed by atoms with Crippen LogP contribution in [0.15, 0.2) is 28.7 Å². The number of hydrogen-bond acceptors (Lipinski definition) is 1. The molecule has 108 valence electrons. The SMILES string of the molecule is CCCCC(CC)CNC(C)Cc1ccc(Br)cc1. The van der Waals surface area contributed by atoms with E-state index in [1.165, 1.54) is 31.2 Å². The van der Waals surface area contributed by atoms with Crippen molar-refractivity contribution >= 4 is 15.9 Å². The van der Waals surface area contributed by atoms with E-state index in [4.69, 9.17) is 0 Å². The Morgan fingerprint density at radius 1 is 1.16 bits per heavy atom. The van der Waals surface area contributed by atoms with E-state index in [1.807, 2.05) is 0 Å². The summed E-state index contributed by atoms with van der Waals surface area (Å²) in [6.45, 7) is 8.03. The molecule has 0 amide bonds. The second kappa shape index (κ2) is 9.55. The third-order valence-electron chi connectivity index (χ3n) is 3.75. The molecule has 0 aliphatic rings. The first-order valence-corrected chi connectivity index (χ1v) is 8.42. The normalized spacial score (nSPS) is 14.3. The third kappa shape index (κ3) is 7.12. The lowest BCUT2D eigenvalue weighted by molar-refractivity contribution is 0.394. The molecule has 0 bridgehead atoms. The molecule has 1 nitrogen and oxygen atoms in total. The van der Waals surface area contributed by atoms with Crippen LogP contribution in [0.3, 0.4) is 0 Å². The fraction of sp³-hybridized carbons (Fsp3) is 0.647. The molecule has 2 heteroatoms. The molecular weight excluding hydrogens is 298 g/mol. The molecule has 0 fully saturated rings. The van der Waals surface area contributed by atoms with Gasteiger partial charge in [0.1, 0.15) is 0 Å². The Kier molecular flexibility index (Phi) is 8.40. The first-order chi connectivity index (χ1) is 9.15. The zero-order valence-electron chi connectivity index (χ0n) is 12.6. The van der Waals surface area contributed by atoms with E-state index in [0.29, 0.717) is 6.04 Å².